The Morgan fingerprint density at radius 3 is 2.16 bits per heavy atom. The molecule has 4 aromatic rings. The number of phenolic OH excluding ortho intramolecular Hbond substituents is 1. The van der Waals surface area contributed by atoms with E-state index in [1.165, 1.54) is 10.9 Å². The first-order chi connectivity index (χ1) is 9.33. The predicted molar refractivity (Wildman–Crippen MR) is 78.3 cm³/mol. The van der Waals surface area contributed by atoms with Crippen molar-refractivity contribution in [3.63, 3.8) is 0 Å². The fraction of sp³-hybridized carbons (Fsp3) is 0. The Kier molecular flexibility index (Phi) is 2.94. The molecule has 0 aliphatic carbocycles. The summed E-state index contributed by atoms with van der Waals surface area (Å²) in [6.45, 7) is 0. The third kappa shape index (κ3) is 2.45. The summed E-state index contributed by atoms with van der Waals surface area (Å²) in [6.07, 6.45) is 3.80. The van der Waals surface area contributed by atoms with E-state index < -0.39 is 0 Å². The van der Waals surface area contributed by atoms with Gasteiger partial charge in [-0.2, -0.15) is 0 Å². The van der Waals surface area contributed by atoms with Crippen LogP contribution in [0, 0.1) is 0 Å². The Morgan fingerprint density at radius 2 is 1.37 bits per heavy atom. The summed E-state index contributed by atoms with van der Waals surface area (Å²) in [5, 5.41) is 11.4. The normalized spacial score (nSPS) is 10.3. The highest BCUT2D eigenvalue weighted by molar-refractivity contribution is 5.80. The first-order valence-electron chi connectivity index (χ1n) is 6.11. The molecule has 94 valence electrons. The zero-order valence-electron chi connectivity index (χ0n) is 10.3. The van der Waals surface area contributed by atoms with Gasteiger partial charge in [-0.25, -0.2) is 0 Å². The minimum absolute atomic E-state index is 0.312. The van der Waals surface area contributed by atoms with Gasteiger partial charge in [-0.1, -0.05) is 18.2 Å². The molecule has 2 heterocycles. The van der Waals surface area contributed by atoms with E-state index in [-0.39, 0.29) is 0 Å². The Balaban J connectivity index is 0.000000117. The molecule has 0 bridgehead atoms. The molecule has 19 heavy (non-hydrogen) atoms. The molecule has 0 unspecified atom stereocenters. The van der Waals surface area contributed by atoms with Gasteiger partial charge in [0.25, 0.3) is 0 Å². The second kappa shape index (κ2) is 4.90. The first kappa shape index (κ1) is 11.4. The van der Waals surface area contributed by atoms with Crippen molar-refractivity contribution in [3.05, 3.63) is 67.0 Å². The number of benzene rings is 2. The maximum atomic E-state index is 9.03. The molecule has 0 aliphatic heterocycles. The quantitative estimate of drug-likeness (QED) is 0.433. The third-order valence-corrected chi connectivity index (χ3v) is 3.00. The monoisotopic (exact) mass is 250 g/mol. The van der Waals surface area contributed by atoms with Crippen LogP contribution in [-0.2, 0) is 0 Å². The summed E-state index contributed by atoms with van der Waals surface area (Å²) in [7, 11) is 0. The Hall–Kier alpha value is -2.68. The van der Waals surface area contributed by atoms with Crippen molar-refractivity contribution >= 4 is 21.8 Å². The number of hydrogen-bond donors (Lipinski definition) is 3. The van der Waals surface area contributed by atoms with Gasteiger partial charge in [-0.15, -0.1) is 0 Å². The molecule has 2 aromatic heterocycles. The van der Waals surface area contributed by atoms with Crippen LogP contribution >= 0.6 is 0 Å². The van der Waals surface area contributed by atoms with Gasteiger partial charge in [0, 0.05) is 28.8 Å². The summed E-state index contributed by atoms with van der Waals surface area (Å²) in [5.74, 6) is 0.312. The predicted octanol–water partition coefficient (Wildman–Crippen LogP) is 4.04. The van der Waals surface area contributed by atoms with E-state index in [0.717, 1.165) is 10.9 Å². The van der Waals surface area contributed by atoms with Gasteiger partial charge in [0.05, 0.1) is 0 Å². The number of para-hydroxylation sites is 1. The standard InChI is InChI=1S/C8H7NO.C8H7N/c10-7-1-2-8-6(5-7)3-4-9-8;1-2-4-8-7(3-1)5-6-9-8/h1-5,9-10H;1-6,9H. The summed E-state index contributed by atoms with van der Waals surface area (Å²) in [6, 6.07) is 17.5. The van der Waals surface area contributed by atoms with Gasteiger partial charge in [-0.05, 0) is 41.8 Å². The zero-order valence-corrected chi connectivity index (χ0v) is 10.3. The number of aromatic hydroxyl groups is 1. The van der Waals surface area contributed by atoms with Crippen molar-refractivity contribution in [1.82, 2.24) is 9.97 Å². The van der Waals surface area contributed by atoms with Crippen molar-refractivity contribution in [1.29, 1.82) is 0 Å². The number of nitrogens with one attached hydrogen (secondary N) is 2. The molecular formula is C16H14N2O. The number of fused-ring (bicyclic) bond motifs is 2. The summed E-state index contributed by atoms with van der Waals surface area (Å²) < 4.78 is 0. The maximum Gasteiger partial charge on any atom is 0.116 e. The SMILES string of the molecule is Oc1ccc2[nH]ccc2c1.c1ccc2[nH]ccc2c1. The highest BCUT2D eigenvalue weighted by Gasteiger charge is 1.92. The van der Waals surface area contributed by atoms with E-state index in [2.05, 4.69) is 28.2 Å². The molecule has 3 heteroatoms. The van der Waals surface area contributed by atoms with Gasteiger partial charge in [0.15, 0.2) is 0 Å². The lowest BCUT2D eigenvalue weighted by Crippen LogP contribution is -1.65. The lowest BCUT2D eigenvalue weighted by molar-refractivity contribution is 0.476. The van der Waals surface area contributed by atoms with Crippen LogP contribution < -0.4 is 0 Å². The minimum atomic E-state index is 0.312. The molecule has 0 aliphatic rings. The number of rotatable bonds is 0. The average Bonchev–Trinajstić information content (AvgIpc) is 3.07. The fourth-order valence-corrected chi connectivity index (χ4v) is 2.04. The Labute approximate surface area is 110 Å². The average molecular weight is 250 g/mol. The van der Waals surface area contributed by atoms with E-state index in [9.17, 15) is 0 Å². The van der Waals surface area contributed by atoms with E-state index in [4.69, 9.17) is 5.11 Å². The van der Waals surface area contributed by atoms with E-state index in [1.807, 2.05) is 36.7 Å². The number of aromatic amines is 2. The second-order valence-electron chi connectivity index (χ2n) is 4.31. The lowest BCUT2D eigenvalue weighted by Gasteiger charge is -1.89. The van der Waals surface area contributed by atoms with Crippen LogP contribution in [0.3, 0.4) is 0 Å². The van der Waals surface area contributed by atoms with Crippen molar-refractivity contribution in [2.24, 2.45) is 0 Å². The van der Waals surface area contributed by atoms with Crippen LogP contribution in [0.25, 0.3) is 21.8 Å². The minimum Gasteiger partial charge on any atom is -0.508 e. The van der Waals surface area contributed by atoms with Gasteiger partial charge < -0.3 is 15.1 Å². The summed E-state index contributed by atoms with van der Waals surface area (Å²) in [5.41, 5.74) is 2.26. The molecule has 3 N–H and O–H groups in total. The highest BCUT2D eigenvalue weighted by atomic mass is 16.3. The van der Waals surface area contributed by atoms with Crippen LogP contribution in [0.2, 0.25) is 0 Å². The number of aromatic nitrogens is 2. The van der Waals surface area contributed by atoms with Crippen LogP contribution in [0.5, 0.6) is 5.75 Å². The first-order valence-corrected chi connectivity index (χ1v) is 6.11. The van der Waals surface area contributed by atoms with E-state index in [0.29, 0.717) is 5.75 Å². The number of H-pyrrole nitrogens is 2. The van der Waals surface area contributed by atoms with Gasteiger partial charge >= 0.3 is 0 Å². The van der Waals surface area contributed by atoms with Crippen molar-refractivity contribution in [3.8, 4) is 5.75 Å². The van der Waals surface area contributed by atoms with Crippen molar-refractivity contribution in [2.45, 2.75) is 0 Å². The van der Waals surface area contributed by atoms with Crippen LogP contribution in [0.1, 0.15) is 0 Å². The topological polar surface area (TPSA) is 51.8 Å². The van der Waals surface area contributed by atoms with Crippen LogP contribution in [0.4, 0.5) is 0 Å². The van der Waals surface area contributed by atoms with Gasteiger partial charge in [-0.3, -0.25) is 0 Å². The van der Waals surface area contributed by atoms with Crippen molar-refractivity contribution < 1.29 is 5.11 Å². The molecular weight excluding hydrogens is 236 g/mol. The van der Waals surface area contributed by atoms with Crippen molar-refractivity contribution in [2.75, 3.05) is 0 Å². The van der Waals surface area contributed by atoms with Gasteiger partial charge in [0.1, 0.15) is 5.75 Å². The fourth-order valence-electron chi connectivity index (χ4n) is 2.04. The molecule has 4 rings (SSSR count). The summed E-state index contributed by atoms with van der Waals surface area (Å²) >= 11 is 0. The Bertz CT molecular complexity index is 768. The molecule has 0 amide bonds. The molecule has 0 fully saturated rings. The largest absolute Gasteiger partial charge is 0.508 e. The van der Waals surface area contributed by atoms with Crippen LogP contribution in [-0.4, -0.2) is 15.1 Å². The molecule has 0 saturated heterocycles. The second-order valence-corrected chi connectivity index (χ2v) is 4.31. The van der Waals surface area contributed by atoms with E-state index in [1.54, 1.807) is 12.1 Å². The molecule has 0 atom stereocenters. The number of phenols is 1. The zero-order chi connectivity index (χ0) is 13.1. The molecule has 0 spiro atoms. The molecule has 0 saturated carbocycles. The lowest BCUT2D eigenvalue weighted by atomic mass is 10.2. The maximum absolute atomic E-state index is 9.03. The molecule has 3 nitrogen and oxygen atoms in total. The summed E-state index contributed by atoms with van der Waals surface area (Å²) in [4.78, 5) is 6.16. The molecule has 0 radical (unpaired) electrons. The van der Waals surface area contributed by atoms with Gasteiger partial charge in [0.2, 0.25) is 0 Å². The van der Waals surface area contributed by atoms with Crippen LogP contribution in [0.15, 0.2) is 67.0 Å². The third-order valence-electron chi connectivity index (χ3n) is 3.00. The molecule has 2 aromatic carbocycles. The highest BCUT2D eigenvalue weighted by Crippen LogP contribution is 2.17. The smallest absolute Gasteiger partial charge is 0.116 e. The Morgan fingerprint density at radius 1 is 0.684 bits per heavy atom. The van der Waals surface area contributed by atoms with E-state index >= 15 is 0 Å². The number of hydrogen-bond acceptors (Lipinski definition) is 1.